The highest BCUT2D eigenvalue weighted by Gasteiger charge is 2.25. The fourth-order valence-corrected chi connectivity index (χ4v) is 3.09. The molecule has 1 heterocycles. The van der Waals surface area contributed by atoms with Crippen molar-refractivity contribution in [1.82, 2.24) is 14.5 Å². The Kier molecular flexibility index (Phi) is 6.19. The van der Waals surface area contributed by atoms with Gasteiger partial charge in [-0.25, -0.2) is 8.42 Å². The predicted octanol–water partition coefficient (Wildman–Crippen LogP) is 0.880. The molecule has 1 aromatic heterocycles. The number of aryl methyl sites for hydroxylation is 1. The van der Waals surface area contributed by atoms with Gasteiger partial charge < -0.3 is 14.6 Å². The zero-order valence-electron chi connectivity index (χ0n) is 12.9. The number of hydrogen-bond donors (Lipinski definition) is 1. The minimum Gasteiger partial charge on any atom is -0.464 e. The van der Waals surface area contributed by atoms with Gasteiger partial charge in [-0.1, -0.05) is 6.92 Å². The number of nitrogens with zero attached hydrogens (tertiary/aromatic N) is 2. The molecule has 0 spiro atoms. The van der Waals surface area contributed by atoms with Crippen molar-refractivity contribution in [2.75, 3.05) is 40.8 Å². The van der Waals surface area contributed by atoms with Crippen LogP contribution in [-0.2, 0) is 16.6 Å². The van der Waals surface area contributed by atoms with Gasteiger partial charge in [0.2, 0.25) is 10.0 Å². The van der Waals surface area contributed by atoms with E-state index in [1.165, 1.54) is 4.31 Å². The fourth-order valence-electron chi connectivity index (χ4n) is 1.74. The minimum atomic E-state index is -3.48. The Hall–Kier alpha value is -0.890. The third-order valence-electron chi connectivity index (χ3n) is 3.02. The van der Waals surface area contributed by atoms with E-state index >= 15 is 0 Å². The number of rotatable bonds is 8. The first kappa shape index (κ1) is 17.2. The van der Waals surface area contributed by atoms with Crippen LogP contribution in [0.4, 0.5) is 0 Å². The molecule has 0 atom stereocenters. The number of sulfonamides is 1. The first-order valence-corrected chi connectivity index (χ1v) is 8.14. The van der Waals surface area contributed by atoms with E-state index in [-0.39, 0.29) is 4.90 Å². The van der Waals surface area contributed by atoms with Gasteiger partial charge in [0.1, 0.15) is 16.4 Å². The molecule has 0 saturated heterocycles. The molecule has 0 aliphatic rings. The van der Waals surface area contributed by atoms with Gasteiger partial charge in [-0.3, -0.25) is 0 Å². The van der Waals surface area contributed by atoms with Crippen molar-refractivity contribution in [2.24, 2.45) is 0 Å². The van der Waals surface area contributed by atoms with E-state index in [2.05, 4.69) is 5.32 Å². The summed E-state index contributed by atoms with van der Waals surface area (Å²) in [7, 11) is 1.94. The van der Waals surface area contributed by atoms with Gasteiger partial charge in [0.25, 0.3) is 0 Å². The minimum absolute atomic E-state index is 0.256. The van der Waals surface area contributed by atoms with Crippen molar-refractivity contribution in [3.8, 4) is 0 Å². The first-order valence-electron chi connectivity index (χ1n) is 6.70. The monoisotopic (exact) mass is 303 g/mol. The van der Waals surface area contributed by atoms with Crippen molar-refractivity contribution in [2.45, 2.75) is 25.3 Å². The predicted molar refractivity (Wildman–Crippen MR) is 79.2 cm³/mol. The second-order valence-electron chi connectivity index (χ2n) is 5.04. The quantitative estimate of drug-likeness (QED) is 0.772. The summed E-state index contributed by atoms with van der Waals surface area (Å²) in [6, 6.07) is 1.61. The number of nitrogens with one attached hydrogen (secondary N) is 1. The van der Waals surface area contributed by atoms with Gasteiger partial charge in [0.05, 0.1) is 6.54 Å². The molecule has 7 heteroatoms. The van der Waals surface area contributed by atoms with Gasteiger partial charge in [-0.15, -0.1) is 0 Å². The van der Waals surface area contributed by atoms with Crippen LogP contribution in [0.3, 0.4) is 0 Å². The molecule has 0 saturated carbocycles. The topological polar surface area (TPSA) is 65.8 Å². The fraction of sp³-hybridized carbons (Fsp3) is 0.692. The summed E-state index contributed by atoms with van der Waals surface area (Å²) in [4.78, 5) is 2.21. The number of likely N-dealkylation sites (N-methyl/N-ethyl adjacent to an activating group) is 2. The highest BCUT2D eigenvalue weighted by Crippen LogP contribution is 2.22. The molecule has 20 heavy (non-hydrogen) atoms. The average Bonchev–Trinajstić information content (AvgIpc) is 2.75. The van der Waals surface area contributed by atoms with E-state index in [1.807, 2.05) is 25.9 Å². The van der Waals surface area contributed by atoms with E-state index in [0.717, 1.165) is 6.54 Å². The maximum atomic E-state index is 12.5. The Morgan fingerprint density at radius 3 is 2.45 bits per heavy atom. The van der Waals surface area contributed by atoms with Gasteiger partial charge >= 0.3 is 0 Å². The van der Waals surface area contributed by atoms with Crippen LogP contribution in [0, 0.1) is 6.92 Å². The van der Waals surface area contributed by atoms with E-state index in [0.29, 0.717) is 31.2 Å². The molecule has 0 amide bonds. The molecule has 0 unspecified atom stereocenters. The summed E-state index contributed by atoms with van der Waals surface area (Å²) in [5.74, 6) is 1.08. The second-order valence-corrected chi connectivity index (χ2v) is 7.06. The Bertz CT molecular complexity index is 523. The molecule has 0 aliphatic carbocycles. The summed E-state index contributed by atoms with van der Waals surface area (Å²) in [6.07, 6.45) is 0. The summed E-state index contributed by atoms with van der Waals surface area (Å²) in [5, 5.41) is 3.12. The molecule has 0 radical (unpaired) electrons. The SMILES string of the molecule is CCNCc1cc(S(=O)(=O)N(C)CCN(C)C)c(C)o1. The first-order chi connectivity index (χ1) is 9.28. The Morgan fingerprint density at radius 1 is 1.25 bits per heavy atom. The molecule has 1 rings (SSSR count). The molecule has 0 fully saturated rings. The van der Waals surface area contributed by atoms with E-state index in [9.17, 15) is 8.42 Å². The second kappa shape index (κ2) is 7.21. The van der Waals surface area contributed by atoms with E-state index < -0.39 is 10.0 Å². The van der Waals surface area contributed by atoms with Crippen LogP contribution < -0.4 is 5.32 Å². The molecule has 0 aromatic carbocycles. The molecular formula is C13H25N3O3S. The normalized spacial score (nSPS) is 12.6. The molecule has 1 aromatic rings. The van der Waals surface area contributed by atoms with Crippen molar-refractivity contribution in [3.63, 3.8) is 0 Å². The number of furan rings is 1. The molecule has 0 aliphatic heterocycles. The van der Waals surface area contributed by atoms with E-state index in [1.54, 1.807) is 20.0 Å². The zero-order valence-corrected chi connectivity index (χ0v) is 13.7. The summed E-state index contributed by atoms with van der Waals surface area (Å²) in [6.45, 7) is 6.14. The van der Waals surface area contributed by atoms with Crippen LogP contribution in [0.25, 0.3) is 0 Å². The molecular weight excluding hydrogens is 278 g/mol. The van der Waals surface area contributed by atoms with Crippen molar-refractivity contribution < 1.29 is 12.8 Å². The van der Waals surface area contributed by atoms with Crippen LogP contribution in [-0.4, -0.2) is 58.4 Å². The largest absolute Gasteiger partial charge is 0.464 e. The lowest BCUT2D eigenvalue weighted by Gasteiger charge is -2.18. The van der Waals surface area contributed by atoms with Crippen LogP contribution >= 0.6 is 0 Å². The third-order valence-corrected chi connectivity index (χ3v) is 4.99. The molecule has 0 bridgehead atoms. The van der Waals surface area contributed by atoms with Crippen LogP contribution in [0.15, 0.2) is 15.4 Å². The Balaban J connectivity index is 2.88. The summed E-state index contributed by atoms with van der Waals surface area (Å²) >= 11 is 0. The third kappa shape index (κ3) is 4.31. The Morgan fingerprint density at radius 2 is 1.90 bits per heavy atom. The standard InChI is InChI=1S/C13H25N3O3S/c1-6-14-10-12-9-13(11(2)19-12)20(17,18)16(5)8-7-15(3)4/h9,14H,6-8,10H2,1-5H3. The van der Waals surface area contributed by atoms with Crippen LogP contribution in [0.1, 0.15) is 18.4 Å². The van der Waals surface area contributed by atoms with Crippen molar-refractivity contribution in [3.05, 3.63) is 17.6 Å². The highest BCUT2D eigenvalue weighted by atomic mass is 32.2. The van der Waals surface area contributed by atoms with Crippen LogP contribution in [0.5, 0.6) is 0 Å². The maximum absolute atomic E-state index is 12.5. The van der Waals surface area contributed by atoms with Crippen molar-refractivity contribution in [1.29, 1.82) is 0 Å². The molecule has 6 nitrogen and oxygen atoms in total. The number of hydrogen-bond acceptors (Lipinski definition) is 5. The summed E-state index contributed by atoms with van der Waals surface area (Å²) in [5.41, 5.74) is 0. The highest BCUT2D eigenvalue weighted by molar-refractivity contribution is 7.89. The maximum Gasteiger partial charge on any atom is 0.246 e. The van der Waals surface area contributed by atoms with Gasteiger partial charge in [0.15, 0.2) is 0 Å². The lowest BCUT2D eigenvalue weighted by atomic mass is 10.4. The van der Waals surface area contributed by atoms with Crippen molar-refractivity contribution >= 4 is 10.0 Å². The van der Waals surface area contributed by atoms with Crippen LogP contribution in [0.2, 0.25) is 0 Å². The summed E-state index contributed by atoms with van der Waals surface area (Å²) < 4.78 is 31.8. The lowest BCUT2D eigenvalue weighted by Crippen LogP contribution is -2.33. The lowest BCUT2D eigenvalue weighted by molar-refractivity contribution is 0.358. The average molecular weight is 303 g/mol. The Labute approximate surface area is 121 Å². The van der Waals surface area contributed by atoms with E-state index in [4.69, 9.17) is 4.42 Å². The zero-order chi connectivity index (χ0) is 15.3. The van der Waals surface area contributed by atoms with Gasteiger partial charge in [0, 0.05) is 26.2 Å². The van der Waals surface area contributed by atoms with Gasteiger partial charge in [-0.05, 0) is 27.6 Å². The van der Waals surface area contributed by atoms with Gasteiger partial charge in [-0.2, -0.15) is 4.31 Å². The smallest absolute Gasteiger partial charge is 0.246 e. The molecule has 1 N–H and O–H groups in total. The molecule has 116 valence electrons.